The zero-order valence-corrected chi connectivity index (χ0v) is 9.88. The van der Waals surface area contributed by atoms with Crippen LogP contribution in [0.2, 0.25) is 0 Å². The molecule has 0 radical (unpaired) electrons. The molecule has 1 aromatic rings. The van der Waals surface area contributed by atoms with Crippen molar-refractivity contribution in [1.82, 2.24) is 0 Å². The van der Waals surface area contributed by atoms with Crippen molar-refractivity contribution < 1.29 is 13.5 Å². The predicted molar refractivity (Wildman–Crippen MR) is 62.2 cm³/mol. The number of hydrogen-bond donors (Lipinski definition) is 1. The smallest absolute Gasteiger partial charge is 0.280 e. The summed E-state index contributed by atoms with van der Waals surface area (Å²) in [4.78, 5) is 0. The van der Waals surface area contributed by atoms with Gasteiger partial charge in [-0.2, -0.15) is 0 Å². The Morgan fingerprint density at radius 1 is 1.41 bits per heavy atom. The predicted octanol–water partition coefficient (Wildman–Crippen LogP) is 2.92. The number of halogens is 2. The van der Waals surface area contributed by atoms with Crippen molar-refractivity contribution in [2.45, 2.75) is 25.2 Å². The second kappa shape index (κ2) is 4.26. The average Bonchev–Trinajstić information content (AvgIpc) is 2.28. The van der Waals surface area contributed by atoms with Gasteiger partial charge in [0.25, 0.3) is 5.92 Å². The molecule has 1 aliphatic rings. The van der Waals surface area contributed by atoms with Crippen molar-refractivity contribution in [3.63, 3.8) is 0 Å². The molecule has 0 unspecified atom stereocenters. The highest BCUT2D eigenvalue weighted by Crippen LogP contribution is 2.56. The van der Waals surface area contributed by atoms with Gasteiger partial charge in [0.1, 0.15) is 5.75 Å². The lowest BCUT2D eigenvalue weighted by molar-refractivity contribution is -0.164. The largest absolute Gasteiger partial charge is 0.497 e. The van der Waals surface area contributed by atoms with Crippen LogP contribution in [0.25, 0.3) is 0 Å². The number of nitrogens with two attached hydrogens (primary N) is 1. The molecular formula is C13H17F2NO. The van der Waals surface area contributed by atoms with Crippen molar-refractivity contribution in [2.24, 2.45) is 11.1 Å². The minimum atomic E-state index is -2.88. The first-order valence-corrected chi connectivity index (χ1v) is 5.78. The Kier molecular flexibility index (Phi) is 3.08. The van der Waals surface area contributed by atoms with Crippen LogP contribution in [-0.4, -0.2) is 13.7 Å². The van der Waals surface area contributed by atoms with E-state index in [1.807, 2.05) is 0 Å². The van der Waals surface area contributed by atoms with Gasteiger partial charge in [0.05, 0.1) is 12.5 Å². The summed E-state index contributed by atoms with van der Waals surface area (Å²) in [6, 6.07) is 6.09. The summed E-state index contributed by atoms with van der Waals surface area (Å²) in [5.74, 6) is -2.43. The molecule has 1 aromatic carbocycles. The summed E-state index contributed by atoms with van der Waals surface area (Å²) in [5.41, 5.74) is 4.50. The third-order valence-corrected chi connectivity index (χ3v) is 3.80. The fourth-order valence-corrected chi connectivity index (χ4v) is 2.37. The number of benzene rings is 1. The van der Waals surface area contributed by atoms with Crippen molar-refractivity contribution >= 4 is 0 Å². The molecule has 2 N–H and O–H groups in total. The van der Waals surface area contributed by atoms with Crippen molar-refractivity contribution in [2.75, 3.05) is 13.7 Å². The SMILES string of the molecule is COc1cccc(C(F)(F)C2(CN)CCC2)c1. The number of hydrogen-bond acceptors (Lipinski definition) is 2. The Morgan fingerprint density at radius 2 is 2.12 bits per heavy atom. The van der Waals surface area contributed by atoms with Gasteiger partial charge >= 0.3 is 0 Å². The zero-order valence-electron chi connectivity index (χ0n) is 9.88. The van der Waals surface area contributed by atoms with E-state index in [4.69, 9.17) is 10.5 Å². The van der Waals surface area contributed by atoms with Gasteiger partial charge in [-0.25, -0.2) is 8.78 Å². The standard InChI is InChI=1S/C13H17F2NO/c1-17-11-5-2-4-10(8-11)13(14,15)12(9-16)6-3-7-12/h2,4-5,8H,3,6-7,9,16H2,1H3. The van der Waals surface area contributed by atoms with Crippen LogP contribution in [0, 0.1) is 5.41 Å². The van der Waals surface area contributed by atoms with E-state index in [1.165, 1.54) is 19.2 Å². The maximum absolute atomic E-state index is 14.4. The number of ether oxygens (including phenoxy) is 1. The van der Waals surface area contributed by atoms with Gasteiger partial charge in [-0.3, -0.25) is 0 Å². The second-order valence-corrected chi connectivity index (χ2v) is 4.64. The topological polar surface area (TPSA) is 35.2 Å². The van der Waals surface area contributed by atoms with Gasteiger partial charge in [0, 0.05) is 12.1 Å². The summed E-state index contributed by atoms with van der Waals surface area (Å²) >= 11 is 0. The maximum Gasteiger partial charge on any atom is 0.280 e. The first-order valence-electron chi connectivity index (χ1n) is 5.78. The lowest BCUT2D eigenvalue weighted by Gasteiger charge is -2.46. The number of methoxy groups -OCH3 is 1. The van der Waals surface area contributed by atoms with E-state index in [1.54, 1.807) is 12.1 Å². The van der Waals surface area contributed by atoms with Crippen LogP contribution in [0.15, 0.2) is 24.3 Å². The molecule has 0 aromatic heterocycles. The summed E-state index contributed by atoms with van der Waals surface area (Å²) in [5, 5.41) is 0. The van der Waals surface area contributed by atoms with Gasteiger partial charge in [-0.1, -0.05) is 18.6 Å². The summed E-state index contributed by atoms with van der Waals surface area (Å²) in [6.07, 6.45) is 1.82. The summed E-state index contributed by atoms with van der Waals surface area (Å²) < 4.78 is 33.9. The fourth-order valence-electron chi connectivity index (χ4n) is 2.37. The van der Waals surface area contributed by atoms with Crippen LogP contribution in [0.5, 0.6) is 5.75 Å². The van der Waals surface area contributed by atoms with Crippen molar-refractivity contribution in [3.8, 4) is 5.75 Å². The highest BCUT2D eigenvalue weighted by Gasteiger charge is 2.57. The van der Waals surface area contributed by atoms with E-state index in [0.29, 0.717) is 18.6 Å². The lowest BCUT2D eigenvalue weighted by Crippen LogP contribution is -2.49. The molecule has 2 nitrogen and oxygen atoms in total. The summed E-state index contributed by atoms with van der Waals surface area (Å²) in [7, 11) is 1.47. The molecule has 0 amide bonds. The van der Waals surface area contributed by atoms with E-state index in [-0.39, 0.29) is 12.1 Å². The Labute approximate surface area is 99.8 Å². The molecule has 94 valence electrons. The molecule has 1 fully saturated rings. The van der Waals surface area contributed by atoms with Crippen LogP contribution < -0.4 is 10.5 Å². The van der Waals surface area contributed by atoms with E-state index >= 15 is 0 Å². The van der Waals surface area contributed by atoms with Crippen LogP contribution >= 0.6 is 0 Å². The first-order chi connectivity index (χ1) is 8.05. The molecule has 0 atom stereocenters. The third-order valence-electron chi connectivity index (χ3n) is 3.80. The van der Waals surface area contributed by atoms with E-state index < -0.39 is 11.3 Å². The minimum absolute atomic E-state index is 0.00185. The number of rotatable bonds is 4. The van der Waals surface area contributed by atoms with Crippen molar-refractivity contribution in [1.29, 1.82) is 0 Å². The highest BCUT2D eigenvalue weighted by atomic mass is 19.3. The molecule has 1 aliphatic carbocycles. The molecule has 2 rings (SSSR count). The van der Waals surface area contributed by atoms with Crippen LogP contribution in [0.4, 0.5) is 8.78 Å². The monoisotopic (exact) mass is 241 g/mol. The Morgan fingerprint density at radius 3 is 2.59 bits per heavy atom. The third kappa shape index (κ3) is 1.80. The minimum Gasteiger partial charge on any atom is -0.497 e. The van der Waals surface area contributed by atoms with E-state index in [9.17, 15) is 8.78 Å². The highest BCUT2D eigenvalue weighted by molar-refractivity contribution is 5.33. The van der Waals surface area contributed by atoms with Crippen LogP contribution in [0.3, 0.4) is 0 Å². The van der Waals surface area contributed by atoms with Gasteiger partial charge < -0.3 is 10.5 Å². The Balaban J connectivity index is 2.36. The normalized spacial score (nSPS) is 18.6. The van der Waals surface area contributed by atoms with Gasteiger partial charge in [-0.15, -0.1) is 0 Å². The maximum atomic E-state index is 14.4. The van der Waals surface area contributed by atoms with Crippen LogP contribution in [0.1, 0.15) is 24.8 Å². The van der Waals surface area contributed by atoms with Gasteiger partial charge in [0.15, 0.2) is 0 Å². The second-order valence-electron chi connectivity index (χ2n) is 4.64. The molecule has 0 spiro atoms. The van der Waals surface area contributed by atoms with Crippen molar-refractivity contribution in [3.05, 3.63) is 29.8 Å². The molecular weight excluding hydrogens is 224 g/mol. The average molecular weight is 241 g/mol. The molecule has 0 aliphatic heterocycles. The fraction of sp³-hybridized carbons (Fsp3) is 0.538. The first kappa shape index (κ1) is 12.3. The molecule has 0 saturated heterocycles. The molecule has 4 heteroatoms. The molecule has 0 heterocycles. The Bertz CT molecular complexity index is 397. The molecule has 17 heavy (non-hydrogen) atoms. The van der Waals surface area contributed by atoms with E-state index in [2.05, 4.69) is 0 Å². The quantitative estimate of drug-likeness (QED) is 0.879. The molecule has 1 saturated carbocycles. The molecule has 0 bridgehead atoms. The van der Waals surface area contributed by atoms with E-state index in [0.717, 1.165) is 6.42 Å². The lowest BCUT2D eigenvalue weighted by atomic mass is 9.63. The Hall–Kier alpha value is -1.16. The number of alkyl halides is 2. The zero-order chi connectivity index (χ0) is 12.5. The van der Waals surface area contributed by atoms with Gasteiger partial charge in [0.2, 0.25) is 0 Å². The van der Waals surface area contributed by atoms with Gasteiger partial charge in [-0.05, 0) is 25.0 Å². The van der Waals surface area contributed by atoms with Crippen LogP contribution in [-0.2, 0) is 5.92 Å². The summed E-state index contributed by atoms with van der Waals surface area (Å²) in [6.45, 7) is 0.0250.